The summed E-state index contributed by atoms with van der Waals surface area (Å²) in [6, 6.07) is 0.0270. The van der Waals surface area contributed by atoms with Crippen LogP contribution in [-0.2, 0) is 0 Å². The van der Waals surface area contributed by atoms with E-state index in [4.69, 9.17) is 5.73 Å². The van der Waals surface area contributed by atoms with E-state index >= 15 is 0 Å². The van der Waals surface area contributed by atoms with Crippen LogP contribution in [-0.4, -0.2) is 15.2 Å². The van der Waals surface area contributed by atoms with Gasteiger partial charge in [-0.05, 0) is 6.42 Å². The van der Waals surface area contributed by atoms with Crippen molar-refractivity contribution >= 4 is 0 Å². The minimum absolute atomic E-state index is 0.0270. The van der Waals surface area contributed by atoms with Gasteiger partial charge in [0, 0.05) is 0 Å². The van der Waals surface area contributed by atoms with Gasteiger partial charge in [-0.2, -0.15) is 5.10 Å². The molecule has 1 rings (SSSR count). The lowest BCUT2D eigenvalue weighted by Gasteiger charge is -2.07. The average Bonchev–Trinajstić information content (AvgIpc) is 2.70. The molecule has 4 nitrogen and oxygen atoms in total. The van der Waals surface area contributed by atoms with Crippen LogP contribution in [0.2, 0.25) is 0 Å². The third kappa shape index (κ3) is 3.87. The fourth-order valence-corrected chi connectivity index (χ4v) is 1.50. The number of rotatable bonds is 7. The lowest BCUT2D eigenvalue weighted by Crippen LogP contribution is -2.11. The Balaban J connectivity index is 2.07. The minimum atomic E-state index is 0.0270. The van der Waals surface area contributed by atoms with Crippen molar-refractivity contribution in [3.63, 3.8) is 0 Å². The summed E-state index contributed by atoms with van der Waals surface area (Å²) in [5.74, 6) is 0.806. The number of hydrogen-bond donors (Lipinski definition) is 2. The molecule has 1 heterocycles. The summed E-state index contributed by atoms with van der Waals surface area (Å²) >= 11 is 0. The predicted molar refractivity (Wildman–Crippen MR) is 56.7 cm³/mol. The summed E-state index contributed by atoms with van der Waals surface area (Å²) in [6.45, 7) is 2.22. The Morgan fingerprint density at radius 1 is 1.36 bits per heavy atom. The number of aromatic amines is 1. The fraction of sp³-hybridized carbons (Fsp3) is 0.800. The maximum absolute atomic E-state index is 5.92. The van der Waals surface area contributed by atoms with E-state index in [1.165, 1.54) is 38.4 Å². The Bertz CT molecular complexity index is 220. The third-order valence-corrected chi connectivity index (χ3v) is 2.40. The van der Waals surface area contributed by atoms with Crippen molar-refractivity contribution in [3.8, 4) is 0 Å². The Morgan fingerprint density at radius 2 is 2.14 bits per heavy atom. The van der Waals surface area contributed by atoms with Gasteiger partial charge in [-0.25, -0.2) is 4.98 Å². The lowest BCUT2D eigenvalue weighted by atomic mass is 10.1. The molecule has 1 aromatic rings. The average molecular weight is 196 g/mol. The van der Waals surface area contributed by atoms with Crippen LogP contribution in [0.15, 0.2) is 6.33 Å². The monoisotopic (exact) mass is 196 g/mol. The predicted octanol–water partition coefficient (Wildman–Crippen LogP) is 2.17. The highest BCUT2D eigenvalue weighted by atomic mass is 15.2. The van der Waals surface area contributed by atoms with Gasteiger partial charge >= 0.3 is 0 Å². The first kappa shape index (κ1) is 11.2. The number of H-pyrrole nitrogens is 1. The van der Waals surface area contributed by atoms with Crippen LogP contribution in [0.5, 0.6) is 0 Å². The summed E-state index contributed by atoms with van der Waals surface area (Å²) in [5, 5.41) is 6.59. The Kier molecular flexibility index (Phi) is 5.22. The third-order valence-electron chi connectivity index (χ3n) is 2.40. The van der Waals surface area contributed by atoms with Crippen LogP contribution in [0.3, 0.4) is 0 Å². The summed E-state index contributed by atoms with van der Waals surface area (Å²) in [4.78, 5) is 4.04. The molecule has 4 heteroatoms. The Hall–Kier alpha value is -0.900. The SMILES string of the molecule is CCCCCCCC(N)c1ncn[nH]1. The van der Waals surface area contributed by atoms with E-state index in [1.54, 1.807) is 0 Å². The van der Waals surface area contributed by atoms with Gasteiger partial charge in [-0.1, -0.05) is 39.0 Å². The van der Waals surface area contributed by atoms with E-state index in [0.29, 0.717) is 0 Å². The van der Waals surface area contributed by atoms with Crippen molar-refractivity contribution in [2.75, 3.05) is 0 Å². The molecule has 0 radical (unpaired) electrons. The second-order valence-electron chi connectivity index (χ2n) is 3.68. The molecular weight excluding hydrogens is 176 g/mol. The van der Waals surface area contributed by atoms with Gasteiger partial charge in [-0.15, -0.1) is 0 Å². The molecule has 80 valence electrons. The Morgan fingerprint density at radius 3 is 2.79 bits per heavy atom. The first-order chi connectivity index (χ1) is 6.84. The highest BCUT2D eigenvalue weighted by molar-refractivity contribution is 4.88. The van der Waals surface area contributed by atoms with Gasteiger partial charge in [0.1, 0.15) is 12.2 Å². The van der Waals surface area contributed by atoms with Gasteiger partial charge in [-0.3, -0.25) is 5.10 Å². The summed E-state index contributed by atoms with van der Waals surface area (Å²) < 4.78 is 0. The summed E-state index contributed by atoms with van der Waals surface area (Å²) in [7, 11) is 0. The summed E-state index contributed by atoms with van der Waals surface area (Å²) in [6.07, 6.45) is 8.90. The zero-order valence-corrected chi connectivity index (χ0v) is 8.87. The lowest BCUT2D eigenvalue weighted by molar-refractivity contribution is 0.540. The van der Waals surface area contributed by atoms with E-state index in [2.05, 4.69) is 22.1 Å². The molecular formula is C10H20N4. The minimum Gasteiger partial charge on any atom is -0.321 e. The Labute approximate surface area is 85.3 Å². The number of aromatic nitrogens is 3. The molecule has 1 unspecified atom stereocenters. The number of unbranched alkanes of at least 4 members (excludes halogenated alkanes) is 4. The highest BCUT2D eigenvalue weighted by Gasteiger charge is 2.07. The van der Waals surface area contributed by atoms with E-state index in [0.717, 1.165) is 12.2 Å². The number of nitrogens with zero attached hydrogens (tertiary/aromatic N) is 2. The topological polar surface area (TPSA) is 67.6 Å². The normalized spacial score (nSPS) is 13.0. The van der Waals surface area contributed by atoms with Gasteiger partial charge in [0.25, 0.3) is 0 Å². The number of nitrogens with one attached hydrogen (secondary N) is 1. The van der Waals surface area contributed by atoms with Gasteiger partial charge < -0.3 is 5.73 Å². The first-order valence-electron chi connectivity index (χ1n) is 5.45. The molecule has 0 aliphatic carbocycles. The molecule has 1 aromatic heterocycles. The molecule has 0 spiro atoms. The van der Waals surface area contributed by atoms with Crippen molar-refractivity contribution in [3.05, 3.63) is 12.2 Å². The molecule has 0 amide bonds. The molecule has 14 heavy (non-hydrogen) atoms. The number of hydrogen-bond acceptors (Lipinski definition) is 3. The van der Waals surface area contributed by atoms with Gasteiger partial charge in [0.05, 0.1) is 6.04 Å². The van der Waals surface area contributed by atoms with Crippen LogP contribution in [0.25, 0.3) is 0 Å². The molecule has 0 aliphatic heterocycles. The molecule has 0 saturated carbocycles. The second-order valence-corrected chi connectivity index (χ2v) is 3.68. The second kappa shape index (κ2) is 6.54. The highest BCUT2D eigenvalue weighted by Crippen LogP contribution is 2.13. The molecule has 0 bridgehead atoms. The first-order valence-corrected chi connectivity index (χ1v) is 5.45. The zero-order valence-electron chi connectivity index (χ0n) is 8.87. The van der Waals surface area contributed by atoms with Crippen LogP contribution in [0.4, 0.5) is 0 Å². The van der Waals surface area contributed by atoms with Crippen LogP contribution in [0, 0.1) is 0 Å². The van der Waals surface area contributed by atoms with E-state index < -0.39 is 0 Å². The molecule has 1 atom stereocenters. The largest absolute Gasteiger partial charge is 0.321 e. The van der Waals surface area contributed by atoms with Crippen LogP contribution >= 0.6 is 0 Å². The van der Waals surface area contributed by atoms with E-state index in [9.17, 15) is 0 Å². The van der Waals surface area contributed by atoms with Crippen molar-refractivity contribution in [2.45, 2.75) is 51.5 Å². The number of nitrogens with two attached hydrogens (primary N) is 1. The zero-order chi connectivity index (χ0) is 10.2. The van der Waals surface area contributed by atoms with Crippen LogP contribution < -0.4 is 5.73 Å². The standard InChI is InChI=1S/C10H20N4/c1-2-3-4-5-6-7-9(11)10-12-8-13-14-10/h8-9H,2-7,11H2,1H3,(H,12,13,14). The maximum Gasteiger partial charge on any atom is 0.141 e. The molecule has 0 aromatic carbocycles. The molecule has 0 aliphatic rings. The van der Waals surface area contributed by atoms with Crippen molar-refractivity contribution in [1.82, 2.24) is 15.2 Å². The van der Waals surface area contributed by atoms with Crippen molar-refractivity contribution in [2.24, 2.45) is 5.73 Å². The van der Waals surface area contributed by atoms with Crippen molar-refractivity contribution < 1.29 is 0 Å². The smallest absolute Gasteiger partial charge is 0.141 e. The molecule has 3 N–H and O–H groups in total. The van der Waals surface area contributed by atoms with Crippen molar-refractivity contribution in [1.29, 1.82) is 0 Å². The fourth-order valence-electron chi connectivity index (χ4n) is 1.50. The van der Waals surface area contributed by atoms with E-state index in [-0.39, 0.29) is 6.04 Å². The maximum atomic E-state index is 5.92. The van der Waals surface area contributed by atoms with E-state index in [1.807, 2.05) is 0 Å². The molecule has 0 saturated heterocycles. The van der Waals surface area contributed by atoms with Crippen LogP contribution in [0.1, 0.15) is 57.3 Å². The molecule has 0 fully saturated rings. The quantitative estimate of drug-likeness (QED) is 0.657. The summed E-state index contributed by atoms with van der Waals surface area (Å²) in [5.41, 5.74) is 5.92. The van der Waals surface area contributed by atoms with Gasteiger partial charge in [0.2, 0.25) is 0 Å². The van der Waals surface area contributed by atoms with Gasteiger partial charge in [0.15, 0.2) is 0 Å².